The highest BCUT2D eigenvalue weighted by Crippen LogP contribution is 2.23. The summed E-state index contributed by atoms with van der Waals surface area (Å²) in [6.07, 6.45) is 3.79. The molecule has 0 radical (unpaired) electrons. The van der Waals surface area contributed by atoms with Crippen molar-refractivity contribution in [1.82, 2.24) is 10.3 Å². The molecule has 2 N–H and O–H groups in total. The van der Waals surface area contributed by atoms with Gasteiger partial charge in [0.1, 0.15) is 5.69 Å². The lowest BCUT2D eigenvalue weighted by molar-refractivity contribution is 0.0907. The summed E-state index contributed by atoms with van der Waals surface area (Å²) >= 11 is 0. The first-order chi connectivity index (χ1) is 10.1. The molecule has 5 heteroatoms. The number of pyridine rings is 1. The number of carbonyl (C=O) groups excluding carboxylic acids is 1. The zero-order valence-corrected chi connectivity index (χ0v) is 12.7. The molecule has 1 aliphatic carbocycles. The number of hydrogen-bond donors (Lipinski definition) is 2. The van der Waals surface area contributed by atoms with E-state index in [1.54, 1.807) is 18.2 Å². The Morgan fingerprint density at radius 2 is 2.10 bits per heavy atom. The van der Waals surface area contributed by atoms with Gasteiger partial charge < -0.3 is 15.2 Å². The normalized spacial score (nSPS) is 22.1. The highest BCUT2D eigenvalue weighted by molar-refractivity contribution is 5.92. The van der Waals surface area contributed by atoms with Gasteiger partial charge in [0.25, 0.3) is 5.91 Å². The van der Waals surface area contributed by atoms with E-state index in [1.165, 1.54) is 0 Å². The quantitative estimate of drug-likeness (QED) is 0.872. The molecule has 116 valence electrons. The summed E-state index contributed by atoms with van der Waals surface area (Å²) in [5, 5.41) is 12.2. The fourth-order valence-corrected chi connectivity index (χ4v) is 2.60. The summed E-state index contributed by atoms with van der Waals surface area (Å²) in [6, 6.07) is 5.41. The van der Waals surface area contributed by atoms with E-state index in [0.29, 0.717) is 17.5 Å². The van der Waals surface area contributed by atoms with E-state index in [-0.39, 0.29) is 24.7 Å². The molecule has 5 nitrogen and oxygen atoms in total. The van der Waals surface area contributed by atoms with Crippen molar-refractivity contribution in [3.05, 3.63) is 23.9 Å². The van der Waals surface area contributed by atoms with Gasteiger partial charge in [-0.1, -0.05) is 6.07 Å². The second-order valence-electron chi connectivity index (χ2n) is 5.90. The van der Waals surface area contributed by atoms with Gasteiger partial charge >= 0.3 is 0 Å². The van der Waals surface area contributed by atoms with Crippen LogP contribution in [0.1, 0.15) is 50.0 Å². The Morgan fingerprint density at radius 1 is 1.38 bits per heavy atom. The number of ether oxygens (including phenoxy) is 1. The van der Waals surface area contributed by atoms with Gasteiger partial charge in [0.05, 0.1) is 6.10 Å². The molecular weight excluding hydrogens is 268 g/mol. The van der Waals surface area contributed by atoms with Crippen LogP contribution in [0.5, 0.6) is 5.88 Å². The van der Waals surface area contributed by atoms with Crippen LogP contribution in [0.15, 0.2) is 18.2 Å². The molecule has 0 spiro atoms. The van der Waals surface area contributed by atoms with Crippen LogP contribution >= 0.6 is 0 Å². The predicted octanol–water partition coefficient (Wildman–Crippen LogP) is 2.15. The molecule has 21 heavy (non-hydrogen) atoms. The number of amides is 1. The van der Waals surface area contributed by atoms with E-state index in [1.807, 2.05) is 13.8 Å². The highest BCUT2D eigenvalue weighted by atomic mass is 16.5. The maximum absolute atomic E-state index is 12.2. The van der Waals surface area contributed by atoms with Crippen molar-refractivity contribution in [3.8, 4) is 5.88 Å². The Hall–Kier alpha value is -1.62. The number of carbonyl (C=O) groups is 1. The Morgan fingerprint density at radius 3 is 2.71 bits per heavy atom. The fourth-order valence-electron chi connectivity index (χ4n) is 2.60. The summed E-state index contributed by atoms with van der Waals surface area (Å²) in [4.78, 5) is 16.5. The number of aliphatic hydroxyl groups excluding tert-OH is 1. The van der Waals surface area contributed by atoms with Crippen LogP contribution < -0.4 is 10.1 Å². The number of nitrogens with one attached hydrogen (secondary N) is 1. The van der Waals surface area contributed by atoms with Crippen molar-refractivity contribution in [1.29, 1.82) is 0 Å². The van der Waals surface area contributed by atoms with Gasteiger partial charge in [-0.2, -0.15) is 0 Å². The molecule has 1 saturated carbocycles. The van der Waals surface area contributed by atoms with Crippen LogP contribution in [0.4, 0.5) is 0 Å². The largest absolute Gasteiger partial charge is 0.475 e. The molecule has 1 aromatic rings. The Balaban J connectivity index is 1.91. The molecule has 0 atom stereocenters. The number of rotatable bonds is 5. The molecule has 0 aliphatic heterocycles. The number of aliphatic hydroxyl groups is 1. The molecule has 1 fully saturated rings. The molecule has 1 aromatic heterocycles. The molecule has 0 unspecified atom stereocenters. The molecule has 1 aliphatic rings. The lowest BCUT2D eigenvalue weighted by Gasteiger charge is -2.27. The van der Waals surface area contributed by atoms with E-state index >= 15 is 0 Å². The fraction of sp³-hybridized carbons (Fsp3) is 0.625. The van der Waals surface area contributed by atoms with E-state index < -0.39 is 0 Å². The van der Waals surface area contributed by atoms with Gasteiger partial charge in [-0.3, -0.25) is 4.79 Å². The minimum Gasteiger partial charge on any atom is -0.475 e. The number of hydrogen-bond acceptors (Lipinski definition) is 4. The summed E-state index contributed by atoms with van der Waals surface area (Å²) < 4.78 is 5.50. The standard InChI is InChI=1S/C16H24N2O3/c1-11(2)21-15-5-3-4-14(18-15)16(20)17-13-8-6-12(10-19)7-9-13/h3-5,11-13,19H,6-10H2,1-2H3,(H,17,20). The van der Waals surface area contributed by atoms with E-state index in [4.69, 9.17) is 9.84 Å². The van der Waals surface area contributed by atoms with Gasteiger partial charge in [0.15, 0.2) is 0 Å². The summed E-state index contributed by atoms with van der Waals surface area (Å²) in [5.41, 5.74) is 0.387. The summed E-state index contributed by atoms with van der Waals surface area (Å²) in [5.74, 6) is 0.706. The maximum atomic E-state index is 12.2. The third-order valence-corrected chi connectivity index (χ3v) is 3.75. The Kier molecular flexibility index (Phi) is 5.56. The van der Waals surface area contributed by atoms with Crippen LogP contribution in [-0.2, 0) is 0 Å². The third-order valence-electron chi connectivity index (χ3n) is 3.75. The van der Waals surface area contributed by atoms with Crippen LogP contribution in [0.3, 0.4) is 0 Å². The first kappa shape index (κ1) is 15.8. The first-order valence-corrected chi connectivity index (χ1v) is 7.64. The second-order valence-corrected chi connectivity index (χ2v) is 5.90. The van der Waals surface area contributed by atoms with Crippen molar-refractivity contribution in [3.63, 3.8) is 0 Å². The predicted molar refractivity (Wildman–Crippen MR) is 80.3 cm³/mol. The summed E-state index contributed by atoms with van der Waals surface area (Å²) in [7, 11) is 0. The molecule has 1 amide bonds. The van der Waals surface area contributed by atoms with Gasteiger partial charge in [-0.15, -0.1) is 0 Å². The minimum atomic E-state index is -0.156. The Labute approximate surface area is 125 Å². The lowest BCUT2D eigenvalue weighted by atomic mass is 9.86. The van der Waals surface area contributed by atoms with Gasteiger partial charge in [0.2, 0.25) is 5.88 Å². The second kappa shape index (κ2) is 7.41. The van der Waals surface area contributed by atoms with Crippen molar-refractivity contribution < 1.29 is 14.6 Å². The number of aromatic nitrogens is 1. The first-order valence-electron chi connectivity index (χ1n) is 7.64. The van der Waals surface area contributed by atoms with Crippen LogP contribution in [0, 0.1) is 5.92 Å². The van der Waals surface area contributed by atoms with Crippen molar-refractivity contribution >= 4 is 5.91 Å². The molecule has 1 heterocycles. The molecule has 0 bridgehead atoms. The highest BCUT2D eigenvalue weighted by Gasteiger charge is 2.22. The van der Waals surface area contributed by atoms with Gasteiger partial charge in [0, 0.05) is 18.7 Å². The lowest BCUT2D eigenvalue weighted by Crippen LogP contribution is -2.38. The summed E-state index contributed by atoms with van der Waals surface area (Å²) in [6.45, 7) is 4.10. The average Bonchev–Trinajstić information content (AvgIpc) is 2.47. The molecular formula is C16H24N2O3. The van der Waals surface area contributed by atoms with Gasteiger partial charge in [-0.25, -0.2) is 4.98 Å². The zero-order chi connectivity index (χ0) is 15.2. The van der Waals surface area contributed by atoms with Gasteiger partial charge in [-0.05, 0) is 51.5 Å². The van der Waals surface area contributed by atoms with E-state index in [9.17, 15) is 4.79 Å². The van der Waals surface area contributed by atoms with Crippen LogP contribution in [0.25, 0.3) is 0 Å². The van der Waals surface area contributed by atoms with Crippen molar-refractivity contribution in [2.24, 2.45) is 5.92 Å². The minimum absolute atomic E-state index is 0.0320. The average molecular weight is 292 g/mol. The topological polar surface area (TPSA) is 71.5 Å². The smallest absolute Gasteiger partial charge is 0.270 e. The van der Waals surface area contributed by atoms with Crippen LogP contribution in [-0.4, -0.2) is 34.8 Å². The molecule has 2 rings (SSSR count). The Bertz CT molecular complexity index is 468. The molecule has 0 aromatic carbocycles. The SMILES string of the molecule is CC(C)Oc1cccc(C(=O)NC2CCC(CO)CC2)n1. The van der Waals surface area contributed by atoms with Crippen molar-refractivity contribution in [2.75, 3.05) is 6.61 Å². The third kappa shape index (κ3) is 4.70. The van der Waals surface area contributed by atoms with E-state index in [0.717, 1.165) is 25.7 Å². The molecule has 0 saturated heterocycles. The van der Waals surface area contributed by atoms with E-state index in [2.05, 4.69) is 10.3 Å². The zero-order valence-electron chi connectivity index (χ0n) is 12.7. The van der Waals surface area contributed by atoms with Crippen molar-refractivity contribution in [2.45, 2.75) is 51.7 Å². The number of nitrogens with zero attached hydrogens (tertiary/aromatic N) is 1. The van der Waals surface area contributed by atoms with Crippen LogP contribution in [0.2, 0.25) is 0 Å². The maximum Gasteiger partial charge on any atom is 0.270 e. The monoisotopic (exact) mass is 292 g/mol.